The lowest BCUT2D eigenvalue weighted by atomic mass is 10.1. The van der Waals surface area contributed by atoms with E-state index in [1.54, 1.807) is 29.8 Å². The van der Waals surface area contributed by atoms with Crippen molar-refractivity contribution in [3.05, 3.63) is 61.7 Å². The molecule has 0 saturated carbocycles. The van der Waals surface area contributed by atoms with Crippen LogP contribution in [0.2, 0.25) is 15.1 Å². The normalized spacial score (nSPS) is 11.0. The number of hydrogen-bond donors (Lipinski definition) is 1. The summed E-state index contributed by atoms with van der Waals surface area (Å²) in [6.45, 7) is 5.73. The molecule has 26 heavy (non-hydrogen) atoms. The molecule has 0 spiro atoms. The van der Waals surface area contributed by atoms with Gasteiger partial charge in [0.15, 0.2) is 5.69 Å². The number of halogens is 3. The second kappa shape index (κ2) is 7.31. The van der Waals surface area contributed by atoms with Crippen LogP contribution in [0.5, 0.6) is 0 Å². The molecule has 0 bridgehead atoms. The number of carbonyl (C=O) groups is 1. The molecule has 0 atom stereocenters. The number of aromatic nitrogens is 3. The summed E-state index contributed by atoms with van der Waals surface area (Å²) in [4.78, 5) is 12.7. The van der Waals surface area contributed by atoms with Crippen molar-refractivity contribution in [2.24, 2.45) is 0 Å². The maximum absolute atomic E-state index is 12.7. The third-order valence-corrected chi connectivity index (χ3v) is 5.07. The summed E-state index contributed by atoms with van der Waals surface area (Å²) in [7, 11) is 0. The summed E-state index contributed by atoms with van der Waals surface area (Å²) < 4.78 is 6.93. The number of amides is 1. The number of rotatable bonds is 4. The molecule has 0 saturated heterocycles. The highest BCUT2D eigenvalue weighted by Gasteiger charge is 2.22. The van der Waals surface area contributed by atoms with E-state index in [9.17, 15) is 4.79 Å². The summed E-state index contributed by atoms with van der Waals surface area (Å²) in [5, 5.41) is 12.4. The van der Waals surface area contributed by atoms with E-state index in [0.717, 1.165) is 11.4 Å². The van der Waals surface area contributed by atoms with Crippen LogP contribution in [-0.2, 0) is 6.54 Å². The van der Waals surface area contributed by atoms with Crippen molar-refractivity contribution < 1.29 is 9.32 Å². The SMILES string of the molecule is Cc1nn(Cc2c(C(=O)Nc3ccc(Cl)cc3Cl)noc2C)c(C)c1Cl. The van der Waals surface area contributed by atoms with Crippen molar-refractivity contribution in [1.29, 1.82) is 0 Å². The monoisotopic (exact) mass is 412 g/mol. The Labute approximate surface area is 165 Å². The van der Waals surface area contributed by atoms with E-state index in [1.807, 2.05) is 13.8 Å². The lowest BCUT2D eigenvalue weighted by Crippen LogP contribution is -2.16. The number of benzene rings is 1. The predicted molar refractivity (Wildman–Crippen MR) is 101 cm³/mol. The van der Waals surface area contributed by atoms with Gasteiger partial charge in [-0.25, -0.2) is 0 Å². The van der Waals surface area contributed by atoms with Gasteiger partial charge < -0.3 is 9.84 Å². The minimum absolute atomic E-state index is 0.164. The van der Waals surface area contributed by atoms with Crippen LogP contribution in [0.25, 0.3) is 0 Å². The first-order valence-electron chi connectivity index (χ1n) is 7.69. The molecule has 3 rings (SSSR count). The summed E-state index contributed by atoms with van der Waals surface area (Å²) >= 11 is 18.2. The molecular weight excluding hydrogens is 399 g/mol. The Kier molecular flexibility index (Phi) is 5.27. The largest absolute Gasteiger partial charge is 0.361 e. The van der Waals surface area contributed by atoms with Crippen molar-refractivity contribution in [2.75, 3.05) is 5.32 Å². The number of hydrogen-bond acceptors (Lipinski definition) is 4. The second-order valence-electron chi connectivity index (χ2n) is 5.79. The van der Waals surface area contributed by atoms with Gasteiger partial charge in [0.1, 0.15) is 5.76 Å². The molecule has 2 heterocycles. The lowest BCUT2D eigenvalue weighted by molar-refractivity contribution is 0.101. The van der Waals surface area contributed by atoms with E-state index in [4.69, 9.17) is 39.3 Å². The maximum atomic E-state index is 12.7. The molecular formula is C17H15Cl3N4O2. The molecule has 0 aliphatic rings. The Bertz CT molecular complexity index is 994. The second-order valence-corrected chi connectivity index (χ2v) is 7.01. The van der Waals surface area contributed by atoms with E-state index in [0.29, 0.717) is 38.6 Å². The topological polar surface area (TPSA) is 73.0 Å². The molecule has 1 aromatic carbocycles. The molecule has 0 aliphatic heterocycles. The summed E-state index contributed by atoms with van der Waals surface area (Å²) in [5.41, 5.74) is 2.74. The van der Waals surface area contributed by atoms with E-state index < -0.39 is 5.91 Å². The van der Waals surface area contributed by atoms with E-state index in [1.165, 1.54) is 0 Å². The van der Waals surface area contributed by atoms with Crippen LogP contribution in [0.1, 0.15) is 33.2 Å². The fourth-order valence-corrected chi connectivity index (χ4v) is 3.10. The average molecular weight is 414 g/mol. The Balaban J connectivity index is 1.89. The Hall–Kier alpha value is -2.02. The van der Waals surface area contributed by atoms with Gasteiger partial charge in [0.25, 0.3) is 5.91 Å². The average Bonchev–Trinajstić information content (AvgIpc) is 3.06. The van der Waals surface area contributed by atoms with Crippen LogP contribution < -0.4 is 5.32 Å². The molecule has 3 aromatic rings. The van der Waals surface area contributed by atoms with Crippen LogP contribution >= 0.6 is 34.8 Å². The van der Waals surface area contributed by atoms with E-state index in [2.05, 4.69) is 15.6 Å². The molecule has 136 valence electrons. The molecule has 0 radical (unpaired) electrons. The number of nitrogens with zero attached hydrogens (tertiary/aromatic N) is 3. The molecule has 6 nitrogen and oxygen atoms in total. The first-order valence-corrected chi connectivity index (χ1v) is 8.82. The van der Waals surface area contributed by atoms with Gasteiger partial charge in [-0.2, -0.15) is 5.10 Å². The highest BCUT2D eigenvalue weighted by atomic mass is 35.5. The fraction of sp³-hybridized carbons (Fsp3) is 0.235. The van der Waals surface area contributed by atoms with Crippen LogP contribution in [0.3, 0.4) is 0 Å². The van der Waals surface area contributed by atoms with Gasteiger partial charge in [-0.3, -0.25) is 9.48 Å². The zero-order valence-electron chi connectivity index (χ0n) is 14.2. The number of nitrogens with one attached hydrogen (secondary N) is 1. The van der Waals surface area contributed by atoms with E-state index in [-0.39, 0.29) is 5.69 Å². The minimum Gasteiger partial charge on any atom is -0.361 e. The summed E-state index contributed by atoms with van der Waals surface area (Å²) in [6.07, 6.45) is 0. The van der Waals surface area contributed by atoms with Crippen molar-refractivity contribution in [2.45, 2.75) is 27.3 Å². The lowest BCUT2D eigenvalue weighted by Gasteiger charge is -2.08. The molecule has 0 unspecified atom stereocenters. The predicted octanol–water partition coefficient (Wildman–Crippen LogP) is 5.06. The van der Waals surface area contributed by atoms with Gasteiger partial charge in [-0.1, -0.05) is 40.0 Å². The Morgan fingerprint density at radius 3 is 2.58 bits per heavy atom. The van der Waals surface area contributed by atoms with Crippen molar-refractivity contribution in [3.63, 3.8) is 0 Å². The highest BCUT2D eigenvalue weighted by Crippen LogP contribution is 2.27. The molecule has 0 aliphatic carbocycles. The molecule has 1 N–H and O–H groups in total. The van der Waals surface area contributed by atoms with Gasteiger partial charge in [-0.05, 0) is 39.0 Å². The van der Waals surface area contributed by atoms with Crippen LogP contribution in [0.15, 0.2) is 22.7 Å². The standard InChI is InChI=1S/C17H15Cl3N4O2/c1-8-15(20)9(2)24(22-8)7-12-10(3)26-23-16(12)17(25)21-14-5-4-11(18)6-13(14)19/h4-6H,7H2,1-3H3,(H,21,25). The number of aryl methyl sites for hydroxylation is 2. The third-order valence-electron chi connectivity index (χ3n) is 3.98. The number of carbonyl (C=O) groups excluding carboxylic acids is 1. The van der Waals surface area contributed by atoms with E-state index >= 15 is 0 Å². The summed E-state index contributed by atoms with van der Waals surface area (Å²) in [6, 6.07) is 4.80. The van der Waals surface area contributed by atoms with Crippen molar-refractivity contribution in [1.82, 2.24) is 14.9 Å². The van der Waals surface area contributed by atoms with Crippen LogP contribution in [0.4, 0.5) is 5.69 Å². The zero-order valence-corrected chi connectivity index (χ0v) is 16.5. The number of anilines is 1. The van der Waals surface area contributed by atoms with Gasteiger partial charge >= 0.3 is 0 Å². The molecule has 2 aromatic heterocycles. The Morgan fingerprint density at radius 2 is 1.96 bits per heavy atom. The molecule has 9 heteroatoms. The van der Waals surface area contributed by atoms with Gasteiger partial charge in [0, 0.05) is 10.6 Å². The highest BCUT2D eigenvalue weighted by molar-refractivity contribution is 6.36. The zero-order chi connectivity index (χ0) is 19.0. The Morgan fingerprint density at radius 1 is 1.23 bits per heavy atom. The maximum Gasteiger partial charge on any atom is 0.278 e. The first-order chi connectivity index (χ1) is 12.3. The molecule has 1 amide bonds. The first kappa shape index (κ1) is 18.8. The minimum atomic E-state index is -0.436. The fourth-order valence-electron chi connectivity index (χ4n) is 2.51. The van der Waals surface area contributed by atoms with Gasteiger partial charge in [0.05, 0.1) is 33.7 Å². The van der Waals surface area contributed by atoms with Gasteiger partial charge in [-0.15, -0.1) is 0 Å². The van der Waals surface area contributed by atoms with Crippen LogP contribution in [0, 0.1) is 20.8 Å². The van der Waals surface area contributed by atoms with Crippen molar-refractivity contribution in [3.8, 4) is 0 Å². The third kappa shape index (κ3) is 3.58. The van der Waals surface area contributed by atoms with Gasteiger partial charge in [0.2, 0.25) is 0 Å². The smallest absolute Gasteiger partial charge is 0.278 e. The van der Waals surface area contributed by atoms with Crippen LogP contribution in [-0.4, -0.2) is 20.8 Å². The summed E-state index contributed by atoms with van der Waals surface area (Å²) in [5.74, 6) is 0.0923. The quantitative estimate of drug-likeness (QED) is 0.649. The van der Waals surface area contributed by atoms with Crippen molar-refractivity contribution >= 4 is 46.4 Å². The molecule has 0 fully saturated rings.